The molecule has 0 radical (unpaired) electrons. The van der Waals surface area contributed by atoms with Gasteiger partial charge in [0.25, 0.3) is 0 Å². The van der Waals surface area contributed by atoms with Gasteiger partial charge in [0.15, 0.2) is 0 Å². The van der Waals surface area contributed by atoms with Gasteiger partial charge < -0.3 is 16.2 Å². The number of hydrogen-bond acceptors (Lipinski definition) is 2. The number of aromatic carboxylic acids is 1. The van der Waals surface area contributed by atoms with Gasteiger partial charge in [-0.15, -0.1) is 0 Å². The predicted molar refractivity (Wildman–Crippen MR) is 39.4 cm³/mol. The van der Waals surface area contributed by atoms with Crippen molar-refractivity contribution in [3.63, 3.8) is 0 Å². The molecule has 0 amide bonds. The van der Waals surface area contributed by atoms with E-state index in [9.17, 15) is 4.79 Å². The summed E-state index contributed by atoms with van der Waals surface area (Å²) >= 11 is 0. The van der Waals surface area contributed by atoms with E-state index in [4.69, 9.17) is 10.2 Å². The fourth-order valence-electron chi connectivity index (χ4n) is 0.884. The van der Waals surface area contributed by atoms with E-state index in [2.05, 4.69) is 0 Å². The van der Waals surface area contributed by atoms with E-state index in [1.807, 2.05) is 0 Å². The first-order chi connectivity index (χ1) is 5.15. The molecule has 5 heteroatoms. The zero-order chi connectivity index (χ0) is 8.43. The van der Waals surface area contributed by atoms with Crippen LogP contribution in [0.15, 0.2) is 12.3 Å². The minimum absolute atomic E-state index is 0. The van der Waals surface area contributed by atoms with Crippen LogP contribution in [0.5, 0.6) is 0 Å². The van der Waals surface area contributed by atoms with E-state index in [0.717, 1.165) is 0 Å². The molecule has 0 saturated carbocycles. The molecule has 0 saturated heterocycles. The van der Waals surface area contributed by atoms with Crippen molar-refractivity contribution in [2.24, 2.45) is 7.05 Å². The smallest absolute Gasteiger partial charge is 1.00 e. The summed E-state index contributed by atoms with van der Waals surface area (Å²) in [5.41, 5.74) is 0.805. The van der Waals surface area contributed by atoms with Crippen LogP contribution in [-0.2, 0) is 13.7 Å². The van der Waals surface area contributed by atoms with Crippen LogP contribution in [0.4, 0.5) is 0 Å². The van der Waals surface area contributed by atoms with Crippen LogP contribution >= 0.6 is 0 Å². The molecule has 0 spiro atoms. The summed E-state index contributed by atoms with van der Waals surface area (Å²) in [6.45, 7) is -0.135. The summed E-state index contributed by atoms with van der Waals surface area (Å²) in [5.74, 6) is -0.972. The molecule has 62 valence electrons. The van der Waals surface area contributed by atoms with Gasteiger partial charge >= 0.3 is 35.5 Å². The Balaban J connectivity index is 0. The number of carbonyl (C=O) groups is 1. The van der Waals surface area contributed by atoms with Crippen molar-refractivity contribution >= 4 is 5.97 Å². The first-order valence-corrected chi connectivity index (χ1v) is 3.14. The van der Waals surface area contributed by atoms with E-state index < -0.39 is 5.97 Å². The normalized spacial score (nSPS) is 9.17. The van der Waals surface area contributed by atoms with Crippen LogP contribution in [0.2, 0.25) is 0 Å². The number of rotatable bonds is 2. The Morgan fingerprint density at radius 3 is 2.58 bits per heavy atom. The van der Waals surface area contributed by atoms with Crippen LogP contribution in [0.25, 0.3) is 0 Å². The maximum Gasteiger partial charge on any atom is 1.00 e. The quantitative estimate of drug-likeness (QED) is 0.487. The Labute approximate surface area is 93.6 Å². The molecule has 1 aromatic heterocycles. The molecule has 0 aliphatic heterocycles. The van der Waals surface area contributed by atoms with Crippen molar-refractivity contribution < 1.29 is 46.0 Å². The van der Waals surface area contributed by atoms with Gasteiger partial charge in [0, 0.05) is 18.9 Å². The molecule has 1 rings (SSSR count). The van der Waals surface area contributed by atoms with Crippen molar-refractivity contribution in [3.05, 3.63) is 23.5 Å². The summed E-state index contributed by atoms with van der Waals surface area (Å²) in [6, 6.07) is 1.45. The van der Waals surface area contributed by atoms with Gasteiger partial charge in [-0.25, -0.2) is 4.79 Å². The fourth-order valence-corrected chi connectivity index (χ4v) is 0.884. The Kier molecular flexibility index (Phi) is 4.55. The number of aliphatic hydroxyl groups excluding tert-OH is 1. The van der Waals surface area contributed by atoms with Crippen molar-refractivity contribution in [2.75, 3.05) is 0 Å². The Hall–Kier alpha value is -0.290. The molecule has 0 atom stereocenters. The van der Waals surface area contributed by atoms with E-state index in [-0.39, 0.29) is 43.2 Å². The van der Waals surface area contributed by atoms with Crippen LogP contribution in [-0.4, -0.2) is 20.7 Å². The molecular weight excluding hydrogens is 169 g/mol. The minimum atomic E-state index is -0.972. The van der Waals surface area contributed by atoms with Crippen LogP contribution in [0.1, 0.15) is 17.5 Å². The number of nitrogens with zero attached hydrogens (tertiary/aromatic N) is 1. The Morgan fingerprint density at radius 1 is 1.75 bits per heavy atom. The molecular formula is C7H10NNaO3. The number of aryl methyl sites for hydroxylation is 1. The largest absolute Gasteiger partial charge is 1.00 e. The zero-order valence-corrected chi connectivity index (χ0v) is 9.11. The molecule has 0 aromatic carbocycles. The topological polar surface area (TPSA) is 62.5 Å². The molecule has 0 fully saturated rings. The molecule has 0 unspecified atom stereocenters. The van der Waals surface area contributed by atoms with Crippen LogP contribution in [0.3, 0.4) is 0 Å². The second kappa shape index (κ2) is 4.67. The van der Waals surface area contributed by atoms with Gasteiger partial charge in [-0.05, 0) is 6.07 Å². The summed E-state index contributed by atoms with van der Waals surface area (Å²) in [5, 5.41) is 17.2. The van der Waals surface area contributed by atoms with E-state index in [1.54, 1.807) is 11.6 Å². The second-order valence-corrected chi connectivity index (χ2v) is 2.29. The number of hydrogen-bond donors (Lipinski definition) is 2. The molecule has 12 heavy (non-hydrogen) atoms. The van der Waals surface area contributed by atoms with Gasteiger partial charge in [-0.1, -0.05) is 0 Å². The third-order valence-corrected chi connectivity index (χ3v) is 1.52. The molecule has 1 heterocycles. The van der Waals surface area contributed by atoms with Gasteiger partial charge in [0.05, 0.1) is 12.2 Å². The number of carboxylic acids is 1. The maximum atomic E-state index is 10.4. The standard InChI is InChI=1S/C7H9NO3.Na.H/c1-8-3-5(7(10)11)2-6(8)4-9;;/h2-3,9H,4H2,1H3,(H,10,11);;/q;+1;-1. The zero-order valence-electron chi connectivity index (χ0n) is 8.11. The number of aromatic nitrogens is 1. The summed E-state index contributed by atoms with van der Waals surface area (Å²) in [6.07, 6.45) is 1.47. The van der Waals surface area contributed by atoms with Gasteiger partial charge in [0.2, 0.25) is 0 Å². The Bertz CT molecular complexity index is 287. The molecule has 4 nitrogen and oxygen atoms in total. The minimum Gasteiger partial charge on any atom is -1.00 e. The van der Waals surface area contributed by atoms with E-state index in [1.165, 1.54) is 12.3 Å². The van der Waals surface area contributed by atoms with Crippen molar-refractivity contribution in [2.45, 2.75) is 6.61 Å². The predicted octanol–water partition coefficient (Wildman–Crippen LogP) is -2.67. The van der Waals surface area contributed by atoms with Crippen molar-refractivity contribution in [3.8, 4) is 0 Å². The molecule has 0 bridgehead atoms. The number of aliphatic hydroxyl groups is 1. The summed E-state index contributed by atoms with van der Waals surface area (Å²) < 4.78 is 1.59. The monoisotopic (exact) mass is 179 g/mol. The molecule has 1 aromatic rings. The maximum absolute atomic E-state index is 10.4. The first kappa shape index (κ1) is 11.7. The first-order valence-electron chi connectivity index (χ1n) is 3.14. The van der Waals surface area contributed by atoms with Gasteiger partial charge in [0.1, 0.15) is 0 Å². The summed E-state index contributed by atoms with van der Waals surface area (Å²) in [4.78, 5) is 10.4. The SMILES string of the molecule is Cn1cc(C(=O)O)cc1CO.[H-].[Na+]. The Morgan fingerprint density at radius 2 is 2.33 bits per heavy atom. The fraction of sp³-hybridized carbons (Fsp3) is 0.286. The van der Waals surface area contributed by atoms with Crippen LogP contribution < -0.4 is 29.6 Å². The third kappa shape index (κ3) is 2.35. The van der Waals surface area contributed by atoms with E-state index >= 15 is 0 Å². The second-order valence-electron chi connectivity index (χ2n) is 2.29. The summed E-state index contributed by atoms with van der Waals surface area (Å²) in [7, 11) is 1.69. The average Bonchev–Trinajstić information content (AvgIpc) is 2.31. The number of carboxylic acid groups (broad SMARTS) is 1. The molecule has 0 aliphatic carbocycles. The van der Waals surface area contributed by atoms with Gasteiger partial charge in [-0.3, -0.25) is 0 Å². The molecule has 2 N–H and O–H groups in total. The third-order valence-electron chi connectivity index (χ3n) is 1.52. The van der Waals surface area contributed by atoms with Crippen LogP contribution in [0, 0.1) is 0 Å². The van der Waals surface area contributed by atoms with E-state index in [0.29, 0.717) is 5.69 Å². The van der Waals surface area contributed by atoms with Crippen molar-refractivity contribution in [1.29, 1.82) is 0 Å². The van der Waals surface area contributed by atoms with Crippen molar-refractivity contribution in [1.82, 2.24) is 4.57 Å². The average molecular weight is 179 g/mol. The van der Waals surface area contributed by atoms with Gasteiger partial charge in [-0.2, -0.15) is 0 Å². The molecule has 0 aliphatic rings.